The summed E-state index contributed by atoms with van der Waals surface area (Å²) in [7, 11) is 1.96. The highest BCUT2D eigenvalue weighted by Crippen LogP contribution is 2.21. The van der Waals surface area contributed by atoms with Crippen molar-refractivity contribution in [2.45, 2.75) is 13.5 Å². The average Bonchev–Trinajstić information content (AvgIpc) is 2.75. The Labute approximate surface area is 110 Å². The molecule has 0 aliphatic heterocycles. The van der Waals surface area contributed by atoms with Crippen LogP contribution in [0.5, 0.6) is 0 Å². The van der Waals surface area contributed by atoms with E-state index in [1.165, 1.54) is 4.88 Å². The van der Waals surface area contributed by atoms with E-state index in [-0.39, 0.29) is 5.84 Å². The number of aryl methyl sites for hydroxylation is 1. The van der Waals surface area contributed by atoms with Gasteiger partial charge in [0, 0.05) is 18.1 Å². The minimum Gasteiger partial charge on any atom is -0.382 e. The lowest BCUT2D eigenvalue weighted by Gasteiger charge is -2.20. The van der Waals surface area contributed by atoms with Gasteiger partial charge >= 0.3 is 0 Å². The summed E-state index contributed by atoms with van der Waals surface area (Å²) in [6.07, 6.45) is 1.64. The molecule has 2 aromatic rings. The van der Waals surface area contributed by atoms with Crippen LogP contribution in [0.2, 0.25) is 0 Å². The van der Waals surface area contributed by atoms with Crippen molar-refractivity contribution in [1.82, 2.24) is 9.97 Å². The summed E-state index contributed by atoms with van der Waals surface area (Å²) in [4.78, 5) is 11.6. The van der Waals surface area contributed by atoms with Gasteiger partial charge in [0.25, 0.3) is 0 Å². The van der Waals surface area contributed by atoms with Gasteiger partial charge in [0.2, 0.25) is 0 Å². The second-order valence-corrected chi connectivity index (χ2v) is 4.94. The molecule has 0 saturated heterocycles. The first-order valence-electron chi connectivity index (χ1n) is 5.49. The largest absolute Gasteiger partial charge is 0.382 e. The summed E-state index contributed by atoms with van der Waals surface area (Å²) in [5.74, 6) is -0.0153. The SMILES string of the molecule is Cc1ncsc1CN(C)c1cccnc1C(=N)N. The van der Waals surface area contributed by atoms with Gasteiger partial charge in [0.15, 0.2) is 0 Å². The summed E-state index contributed by atoms with van der Waals surface area (Å²) in [6, 6.07) is 3.76. The van der Waals surface area contributed by atoms with Crippen LogP contribution in [0.15, 0.2) is 23.8 Å². The fourth-order valence-electron chi connectivity index (χ4n) is 1.69. The summed E-state index contributed by atoms with van der Waals surface area (Å²) < 4.78 is 0. The average molecular weight is 261 g/mol. The molecule has 18 heavy (non-hydrogen) atoms. The minimum absolute atomic E-state index is 0.0153. The van der Waals surface area contributed by atoms with Crippen LogP contribution in [0.3, 0.4) is 0 Å². The van der Waals surface area contributed by atoms with Gasteiger partial charge in [-0.2, -0.15) is 0 Å². The van der Waals surface area contributed by atoms with Crippen molar-refractivity contribution >= 4 is 22.9 Å². The second kappa shape index (κ2) is 5.14. The number of nitrogens with one attached hydrogen (secondary N) is 1. The maximum atomic E-state index is 7.54. The van der Waals surface area contributed by atoms with Crippen LogP contribution < -0.4 is 10.6 Å². The van der Waals surface area contributed by atoms with E-state index in [0.717, 1.165) is 17.9 Å². The zero-order valence-corrected chi connectivity index (χ0v) is 11.2. The Hall–Kier alpha value is -1.95. The smallest absolute Gasteiger partial charge is 0.143 e. The molecule has 0 spiro atoms. The molecule has 0 aliphatic carbocycles. The van der Waals surface area contributed by atoms with Crippen LogP contribution in [-0.2, 0) is 6.54 Å². The monoisotopic (exact) mass is 261 g/mol. The molecule has 94 valence electrons. The van der Waals surface area contributed by atoms with E-state index in [2.05, 4.69) is 9.97 Å². The normalized spacial score (nSPS) is 10.3. The highest BCUT2D eigenvalue weighted by molar-refractivity contribution is 7.09. The fraction of sp³-hybridized carbons (Fsp3) is 0.250. The number of amidine groups is 1. The van der Waals surface area contributed by atoms with Crippen molar-refractivity contribution < 1.29 is 0 Å². The van der Waals surface area contributed by atoms with Crippen LogP contribution in [0.4, 0.5) is 5.69 Å². The number of pyridine rings is 1. The first-order valence-corrected chi connectivity index (χ1v) is 6.37. The molecule has 3 N–H and O–H groups in total. The van der Waals surface area contributed by atoms with E-state index in [1.54, 1.807) is 17.5 Å². The lowest BCUT2D eigenvalue weighted by molar-refractivity contribution is 0.918. The molecule has 0 saturated carbocycles. The molecule has 0 fully saturated rings. The maximum Gasteiger partial charge on any atom is 0.143 e. The molecule has 0 unspecified atom stereocenters. The maximum absolute atomic E-state index is 7.54. The topological polar surface area (TPSA) is 78.9 Å². The van der Waals surface area contributed by atoms with E-state index in [9.17, 15) is 0 Å². The lowest BCUT2D eigenvalue weighted by Crippen LogP contribution is -2.23. The first-order chi connectivity index (χ1) is 8.59. The van der Waals surface area contributed by atoms with Crippen LogP contribution in [0.25, 0.3) is 0 Å². The van der Waals surface area contributed by atoms with Crippen molar-refractivity contribution in [3.63, 3.8) is 0 Å². The Morgan fingerprint density at radius 2 is 2.28 bits per heavy atom. The zero-order valence-electron chi connectivity index (χ0n) is 10.3. The Morgan fingerprint density at radius 3 is 2.89 bits per heavy atom. The molecule has 2 heterocycles. The number of aromatic nitrogens is 2. The van der Waals surface area contributed by atoms with Crippen molar-refractivity contribution in [3.05, 3.63) is 40.1 Å². The quantitative estimate of drug-likeness (QED) is 0.649. The summed E-state index contributed by atoms with van der Waals surface area (Å²) in [6.45, 7) is 2.73. The van der Waals surface area contributed by atoms with Crippen molar-refractivity contribution in [2.75, 3.05) is 11.9 Å². The fourth-order valence-corrected chi connectivity index (χ4v) is 2.52. The summed E-state index contributed by atoms with van der Waals surface area (Å²) >= 11 is 1.63. The van der Waals surface area contributed by atoms with Gasteiger partial charge in [-0.15, -0.1) is 11.3 Å². The number of thiazole rings is 1. The van der Waals surface area contributed by atoms with Gasteiger partial charge in [0.05, 0.1) is 23.4 Å². The van der Waals surface area contributed by atoms with E-state index in [4.69, 9.17) is 11.1 Å². The molecule has 0 radical (unpaired) electrons. The Balaban J connectivity index is 2.26. The van der Waals surface area contributed by atoms with E-state index in [0.29, 0.717) is 5.69 Å². The lowest BCUT2D eigenvalue weighted by atomic mass is 10.2. The Kier molecular flexibility index (Phi) is 3.57. The predicted molar refractivity (Wildman–Crippen MR) is 74.2 cm³/mol. The van der Waals surface area contributed by atoms with Crippen LogP contribution >= 0.6 is 11.3 Å². The molecule has 5 nitrogen and oxygen atoms in total. The van der Waals surface area contributed by atoms with Gasteiger partial charge in [-0.25, -0.2) is 4.98 Å². The zero-order chi connectivity index (χ0) is 13.1. The van der Waals surface area contributed by atoms with Crippen LogP contribution in [0, 0.1) is 12.3 Å². The third-order valence-electron chi connectivity index (χ3n) is 2.68. The number of rotatable bonds is 4. The Bertz CT molecular complexity index is 563. The number of anilines is 1. The molecule has 6 heteroatoms. The van der Waals surface area contributed by atoms with E-state index >= 15 is 0 Å². The van der Waals surface area contributed by atoms with Crippen LogP contribution in [0.1, 0.15) is 16.3 Å². The highest BCUT2D eigenvalue weighted by atomic mass is 32.1. The molecular formula is C12H15N5S. The molecule has 0 amide bonds. The van der Waals surface area contributed by atoms with Gasteiger partial charge < -0.3 is 10.6 Å². The minimum atomic E-state index is -0.0153. The molecule has 0 bridgehead atoms. The van der Waals surface area contributed by atoms with Crippen molar-refractivity contribution in [3.8, 4) is 0 Å². The van der Waals surface area contributed by atoms with E-state index in [1.807, 2.05) is 36.5 Å². The summed E-state index contributed by atoms with van der Waals surface area (Å²) in [5.41, 5.74) is 9.80. The van der Waals surface area contributed by atoms with Crippen LogP contribution in [-0.4, -0.2) is 22.9 Å². The number of nitrogens with zero attached hydrogens (tertiary/aromatic N) is 3. The van der Waals surface area contributed by atoms with Gasteiger partial charge in [-0.3, -0.25) is 10.4 Å². The third kappa shape index (κ3) is 2.48. The Morgan fingerprint density at radius 1 is 1.50 bits per heavy atom. The van der Waals surface area contributed by atoms with Gasteiger partial charge in [0.1, 0.15) is 11.5 Å². The van der Waals surface area contributed by atoms with Crippen molar-refractivity contribution in [1.29, 1.82) is 5.41 Å². The van der Waals surface area contributed by atoms with E-state index < -0.39 is 0 Å². The predicted octanol–water partition coefficient (Wildman–Crippen LogP) is 1.77. The number of hydrogen-bond acceptors (Lipinski definition) is 5. The van der Waals surface area contributed by atoms with Gasteiger partial charge in [-0.05, 0) is 19.1 Å². The standard InChI is InChI=1S/C12H15N5S/c1-8-10(18-7-16-8)6-17(2)9-4-3-5-15-11(9)12(13)14/h3-5,7H,6H2,1-2H3,(H3,13,14). The molecule has 0 aromatic carbocycles. The number of nitrogen functional groups attached to an aromatic ring is 1. The molecular weight excluding hydrogens is 246 g/mol. The molecule has 2 rings (SSSR count). The molecule has 2 aromatic heterocycles. The second-order valence-electron chi connectivity index (χ2n) is 4.00. The molecule has 0 atom stereocenters. The number of nitrogens with two attached hydrogens (primary N) is 1. The number of hydrogen-bond donors (Lipinski definition) is 2. The molecule has 0 aliphatic rings. The summed E-state index contributed by atoms with van der Waals surface area (Å²) in [5, 5.41) is 7.54. The third-order valence-corrected chi connectivity index (χ3v) is 3.60. The highest BCUT2D eigenvalue weighted by Gasteiger charge is 2.12. The van der Waals surface area contributed by atoms with Crippen molar-refractivity contribution in [2.24, 2.45) is 5.73 Å². The van der Waals surface area contributed by atoms with Gasteiger partial charge in [-0.1, -0.05) is 0 Å². The first kappa shape index (κ1) is 12.5.